The minimum atomic E-state index is -0.339. The monoisotopic (exact) mass is 334 g/mol. The molecule has 1 atom stereocenters. The number of carbonyl (C=O) groups excluding carboxylic acids is 1. The summed E-state index contributed by atoms with van der Waals surface area (Å²) in [4.78, 5) is 24.6. The second-order valence-electron chi connectivity index (χ2n) is 6.29. The summed E-state index contributed by atoms with van der Waals surface area (Å²) in [6.07, 6.45) is 6.16. The molecule has 0 saturated carbocycles. The second kappa shape index (κ2) is 6.06. The van der Waals surface area contributed by atoms with Crippen molar-refractivity contribution in [2.45, 2.75) is 25.3 Å². The van der Waals surface area contributed by atoms with Gasteiger partial charge in [-0.2, -0.15) is 5.26 Å². The number of fused-ring (bicyclic) bond motifs is 1. The van der Waals surface area contributed by atoms with Gasteiger partial charge in [0, 0.05) is 30.5 Å². The molecule has 25 heavy (non-hydrogen) atoms. The van der Waals surface area contributed by atoms with Crippen molar-refractivity contribution in [3.8, 4) is 17.5 Å². The van der Waals surface area contributed by atoms with Crippen LogP contribution in [0.25, 0.3) is 11.3 Å². The molecule has 126 valence electrons. The fourth-order valence-electron chi connectivity index (χ4n) is 3.75. The molecule has 1 fully saturated rings. The maximum absolute atomic E-state index is 13.0. The number of nitriles is 1. The van der Waals surface area contributed by atoms with Crippen molar-refractivity contribution in [3.05, 3.63) is 36.0 Å². The lowest BCUT2D eigenvalue weighted by molar-refractivity contribution is -0.121. The molecule has 0 unspecified atom stereocenters. The number of nitrogen functional groups attached to an aromatic ring is 1. The Morgan fingerprint density at radius 2 is 2.20 bits per heavy atom. The lowest BCUT2D eigenvalue weighted by Gasteiger charge is -2.25. The predicted molar refractivity (Wildman–Crippen MR) is 93.3 cm³/mol. The molecule has 7 heteroatoms. The summed E-state index contributed by atoms with van der Waals surface area (Å²) in [7, 11) is 0. The molecule has 0 aliphatic carbocycles. The molecule has 2 aromatic rings. The molecule has 1 aromatic heterocycles. The number of hydrogen-bond acceptors (Lipinski definition) is 6. The Morgan fingerprint density at radius 3 is 3.00 bits per heavy atom. The van der Waals surface area contributed by atoms with E-state index < -0.39 is 0 Å². The lowest BCUT2D eigenvalue weighted by atomic mass is 10.0. The van der Waals surface area contributed by atoms with E-state index in [0.29, 0.717) is 13.1 Å². The van der Waals surface area contributed by atoms with E-state index in [9.17, 15) is 10.1 Å². The van der Waals surface area contributed by atoms with Crippen molar-refractivity contribution in [1.82, 2.24) is 14.9 Å². The van der Waals surface area contributed by atoms with Gasteiger partial charge in [-0.3, -0.25) is 9.69 Å². The van der Waals surface area contributed by atoms with Crippen LogP contribution in [0.1, 0.15) is 18.4 Å². The van der Waals surface area contributed by atoms with Gasteiger partial charge in [-0.15, -0.1) is 0 Å². The molecule has 2 aliphatic heterocycles. The number of carbonyl (C=O) groups is 1. The van der Waals surface area contributed by atoms with Gasteiger partial charge in [0.15, 0.2) is 6.19 Å². The van der Waals surface area contributed by atoms with Crippen LogP contribution in [0.4, 0.5) is 11.6 Å². The fraction of sp³-hybridized carbons (Fsp3) is 0.333. The number of amides is 1. The average Bonchev–Trinajstić information content (AvgIpc) is 3.27. The first-order valence-electron chi connectivity index (χ1n) is 8.37. The van der Waals surface area contributed by atoms with Gasteiger partial charge in [0.05, 0.1) is 5.69 Å². The number of hydrogen-bond donors (Lipinski definition) is 1. The Balaban J connectivity index is 1.69. The number of aromatic nitrogens is 2. The number of nitrogens with two attached hydrogens (primary N) is 1. The first-order chi connectivity index (χ1) is 12.2. The summed E-state index contributed by atoms with van der Waals surface area (Å²) < 4.78 is 0. The summed E-state index contributed by atoms with van der Waals surface area (Å²) in [5.41, 5.74) is 9.45. The van der Waals surface area contributed by atoms with Crippen LogP contribution in [0.15, 0.2) is 30.5 Å². The van der Waals surface area contributed by atoms with Crippen LogP contribution in [0.3, 0.4) is 0 Å². The van der Waals surface area contributed by atoms with Crippen molar-refractivity contribution in [2.24, 2.45) is 0 Å². The van der Waals surface area contributed by atoms with Crippen LogP contribution in [0.5, 0.6) is 0 Å². The molecular weight excluding hydrogens is 316 g/mol. The van der Waals surface area contributed by atoms with E-state index >= 15 is 0 Å². The van der Waals surface area contributed by atoms with Gasteiger partial charge in [0.1, 0.15) is 6.04 Å². The molecule has 4 rings (SSSR count). The minimum absolute atomic E-state index is 0.0113. The van der Waals surface area contributed by atoms with Gasteiger partial charge >= 0.3 is 0 Å². The highest BCUT2D eigenvalue weighted by Gasteiger charge is 2.36. The van der Waals surface area contributed by atoms with Gasteiger partial charge in [-0.1, -0.05) is 12.1 Å². The van der Waals surface area contributed by atoms with Crippen LogP contribution in [0, 0.1) is 11.5 Å². The number of likely N-dealkylation sites (tertiary alicyclic amines) is 1. The van der Waals surface area contributed by atoms with E-state index in [4.69, 9.17) is 5.73 Å². The van der Waals surface area contributed by atoms with Crippen LogP contribution in [0.2, 0.25) is 0 Å². The summed E-state index contributed by atoms with van der Waals surface area (Å²) in [5.74, 6) is 0.244. The third kappa shape index (κ3) is 2.56. The number of anilines is 2. The van der Waals surface area contributed by atoms with Gasteiger partial charge in [0.2, 0.25) is 11.9 Å². The van der Waals surface area contributed by atoms with Crippen molar-refractivity contribution in [3.63, 3.8) is 0 Å². The van der Waals surface area contributed by atoms with Gasteiger partial charge in [0.25, 0.3) is 0 Å². The molecule has 0 radical (unpaired) electrons. The highest BCUT2D eigenvalue weighted by Crippen LogP contribution is 2.36. The van der Waals surface area contributed by atoms with Crippen LogP contribution < -0.4 is 10.6 Å². The highest BCUT2D eigenvalue weighted by molar-refractivity contribution is 6.00. The SMILES string of the molecule is N#CN1CCC[C@H]1C(=O)N1CCc2c(-c3ccnc(N)n3)cccc21. The van der Waals surface area contributed by atoms with E-state index in [0.717, 1.165) is 41.8 Å². The Bertz CT molecular complexity index is 874. The van der Waals surface area contributed by atoms with E-state index in [2.05, 4.69) is 16.2 Å². The zero-order valence-corrected chi connectivity index (χ0v) is 13.7. The summed E-state index contributed by atoms with van der Waals surface area (Å²) >= 11 is 0. The number of benzene rings is 1. The van der Waals surface area contributed by atoms with Crippen molar-refractivity contribution in [1.29, 1.82) is 5.26 Å². The van der Waals surface area contributed by atoms with Crippen molar-refractivity contribution in [2.75, 3.05) is 23.7 Å². The quantitative estimate of drug-likeness (QED) is 0.837. The lowest BCUT2D eigenvalue weighted by Crippen LogP contribution is -2.43. The Hall–Kier alpha value is -3.14. The maximum Gasteiger partial charge on any atom is 0.250 e. The number of rotatable bonds is 2. The minimum Gasteiger partial charge on any atom is -0.368 e. The van der Waals surface area contributed by atoms with Gasteiger partial charge < -0.3 is 10.6 Å². The third-order valence-corrected chi connectivity index (χ3v) is 4.91. The zero-order valence-electron chi connectivity index (χ0n) is 13.7. The van der Waals surface area contributed by atoms with E-state index in [1.165, 1.54) is 0 Å². The molecule has 2 N–H and O–H groups in total. The largest absolute Gasteiger partial charge is 0.368 e. The predicted octanol–water partition coefficient (Wildman–Crippen LogP) is 1.56. The van der Waals surface area contributed by atoms with Crippen molar-refractivity contribution >= 4 is 17.5 Å². The van der Waals surface area contributed by atoms with Gasteiger partial charge in [-0.05, 0) is 37.0 Å². The first kappa shape index (κ1) is 15.4. The summed E-state index contributed by atoms with van der Waals surface area (Å²) in [6, 6.07) is 7.36. The molecule has 1 saturated heterocycles. The Kier molecular flexibility index (Phi) is 3.73. The third-order valence-electron chi connectivity index (χ3n) is 4.91. The fourth-order valence-corrected chi connectivity index (χ4v) is 3.75. The standard InChI is InChI=1S/C18H18N6O/c19-11-23-9-2-5-16(23)17(25)24-10-7-13-12(3-1-4-15(13)24)14-6-8-21-18(20)22-14/h1,3-4,6,8,16H,2,5,7,9-10H2,(H2,20,21,22)/t16-/m0/s1. The zero-order chi connectivity index (χ0) is 17.4. The normalized spacial score (nSPS) is 18.9. The average molecular weight is 334 g/mol. The molecule has 0 spiro atoms. The molecule has 3 heterocycles. The van der Waals surface area contributed by atoms with Crippen molar-refractivity contribution < 1.29 is 4.79 Å². The van der Waals surface area contributed by atoms with Gasteiger partial charge in [-0.25, -0.2) is 9.97 Å². The maximum atomic E-state index is 13.0. The topological polar surface area (TPSA) is 99.1 Å². The molecule has 1 amide bonds. The number of nitrogens with zero attached hydrogens (tertiary/aromatic N) is 5. The van der Waals surface area contributed by atoms with Crippen LogP contribution >= 0.6 is 0 Å². The first-order valence-corrected chi connectivity index (χ1v) is 8.37. The summed E-state index contributed by atoms with van der Waals surface area (Å²) in [6.45, 7) is 1.29. The Morgan fingerprint density at radius 1 is 1.32 bits per heavy atom. The molecular formula is C18H18N6O. The molecule has 1 aromatic carbocycles. The molecule has 7 nitrogen and oxygen atoms in total. The smallest absolute Gasteiger partial charge is 0.250 e. The molecule has 2 aliphatic rings. The van der Waals surface area contributed by atoms with E-state index in [1.807, 2.05) is 29.2 Å². The second-order valence-corrected chi connectivity index (χ2v) is 6.29. The van der Waals surface area contributed by atoms with E-state index in [-0.39, 0.29) is 17.9 Å². The highest BCUT2D eigenvalue weighted by atomic mass is 16.2. The van der Waals surface area contributed by atoms with E-state index in [1.54, 1.807) is 11.1 Å². The van der Waals surface area contributed by atoms with Crippen LogP contribution in [-0.2, 0) is 11.2 Å². The summed E-state index contributed by atoms with van der Waals surface area (Å²) in [5, 5.41) is 9.22. The Labute approximate surface area is 145 Å². The van der Waals surface area contributed by atoms with Crippen LogP contribution in [-0.4, -0.2) is 39.9 Å². The molecule has 0 bridgehead atoms.